The second-order valence-corrected chi connectivity index (χ2v) is 5.57. The standard InChI is InChI=1S/C15H25NO3/c1-11(2)19-10-6-9-16-14(17)12-7-4-5-8-13(12)15(16)18-3/h11,15H,4-10H2,1-3H3/t15-/m0/s1. The normalized spacial score (nSPS) is 23.5. The Balaban J connectivity index is 1.92. The number of ether oxygens (including phenoxy) is 2. The SMILES string of the molecule is CO[C@H]1C2=C(CCCC2)C(=O)N1CCCOC(C)C. The van der Waals surface area contributed by atoms with Gasteiger partial charge in [-0.1, -0.05) is 0 Å². The Kier molecular flexibility index (Phi) is 4.99. The molecule has 0 aromatic heterocycles. The molecule has 1 atom stereocenters. The number of carbonyl (C=O) groups excluding carboxylic acids is 1. The van der Waals surface area contributed by atoms with E-state index in [1.165, 1.54) is 12.0 Å². The molecule has 0 saturated heterocycles. The zero-order valence-electron chi connectivity index (χ0n) is 12.3. The fourth-order valence-corrected chi connectivity index (χ4v) is 2.96. The third kappa shape index (κ3) is 3.18. The van der Waals surface area contributed by atoms with Gasteiger partial charge in [-0.25, -0.2) is 0 Å². The molecule has 4 heteroatoms. The van der Waals surface area contributed by atoms with E-state index in [2.05, 4.69) is 0 Å². The highest BCUT2D eigenvalue weighted by molar-refractivity contribution is 5.97. The maximum atomic E-state index is 12.4. The van der Waals surface area contributed by atoms with Gasteiger partial charge < -0.3 is 14.4 Å². The van der Waals surface area contributed by atoms with Gasteiger partial charge in [0.25, 0.3) is 5.91 Å². The lowest BCUT2D eigenvalue weighted by Crippen LogP contribution is -2.38. The predicted octanol–water partition coefficient (Wildman–Crippen LogP) is 2.49. The van der Waals surface area contributed by atoms with E-state index < -0.39 is 0 Å². The molecule has 0 aromatic carbocycles. The number of methoxy groups -OCH3 is 1. The van der Waals surface area contributed by atoms with Gasteiger partial charge in [-0.3, -0.25) is 4.79 Å². The van der Waals surface area contributed by atoms with Crippen LogP contribution in [-0.2, 0) is 14.3 Å². The van der Waals surface area contributed by atoms with Crippen LogP contribution in [0.1, 0.15) is 46.0 Å². The summed E-state index contributed by atoms with van der Waals surface area (Å²) in [5.41, 5.74) is 2.24. The van der Waals surface area contributed by atoms with Gasteiger partial charge in [0, 0.05) is 25.8 Å². The average molecular weight is 267 g/mol. The van der Waals surface area contributed by atoms with Crippen LogP contribution in [0.5, 0.6) is 0 Å². The minimum Gasteiger partial charge on any atom is -0.379 e. The summed E-state index contributed by atoms with van der Waals surface area (Å²) in [5, 5.41) is 0. The Morgan fingerprint density at radius 3 is 2.74 bits per heavy atom. The molecule has 0 bridgehead atoms. The van der Waals surface area contributed by atoms with Gasteiger partial charge in [-0.05, 0) is 51.5 Å². The van der Waals surface area contributed by atoms with Crippen LogP contribution in [0, 0.1) is 0 Å². The third-order valence-corrected chi connectivity index (χ3v) is 3.83. The number of hydrogen-bond acceptors (Lipinski definition) is 3. The molecular formula is C15H25NO3. The summed E-state index contributed by atoms with van der Waals surface area (Å²) in [7, 11) is 1.69. The topological polar surface area (TPSA) is 38.8 Å². The van der Waals surface area contributed by atoms with E-state index in [-0.39, 0.29) is 18.2 Å². The fourth-order valence-electron chi connectivity index (χ4n) is 2.96. The van der Waals surface area contributed by atoms with Crippen molar-refractivity contribution in [1.29, 1.82) is 0 Å². The molecule has 0 aromatic rings. The molecule has 19 heavy (non-hydrogen) atoms. The van der Waals surface area contributed by atoms with Gasteiger partial charge in [0.2, 0.25) is 0 Å². The summed E-state index contributed by atoms with van der Waals surface area (Å²) in [4.78, 5) is 14.3. The minimum atomic E-state index is -0.123. The molecule has 0 radical (unpaired) electrons. The Morgan fingerprint density at radius 2 is 2.05 bits per heavy atom. The highest BCUT2D eigenvalue weighted by Gasteiger charge is 2.39. The van der Waals surface area contributed by atoms with E-state index >= 15 is 0 Å². The van der Waals surface area contributed by atoms with Gasteiger partial charge in [-0.2, -0.15) is 0 Å². The lowest BCUT2D eigenvalue weighted by molar-refractivity contribution is -0.133. The second-order valence-electron chi connectivity index (χ2n) is 5.57. The number of carbonyl (C=O) groups is 1. The summed E-state index contributed by atoms with van der Waals surface area (Å²) in [6.45, 7) is 5.47. The van der Waals surface area contributed by atoms with Crippen molar-refractivity contribution in [2.75, 3.05) is 20.3 Å². The van der Waals surface area contributed by atoms with Crippen LogP contribution in [-0.4, -0.2) is 43.4 Å². The Bertz CT molecular complexity index is 362. The molecule has 4 nitrogen and oxygen atoms in total. The lowest BCUT2D eigenvalue weighted by Gasteiger charge is -2.26. The maximum absolute atomic E-state index is 12.4. The predicted molar refractivity (Wildman–Crippen MR) is 73.7 cm³/mol. The molecule has 2 aliphatic rings. The smallest absolute Gasteiger partial charge is 0.252 e. The summed E-state index contributed by atoms with van der Waals surface area (Å²) in [6, 6.07) is 0. The van der Waals surface area contributed by atoms with Crippen LogP contribution in [0.4, 0.5) is 0 Å². The monoisotopic (exact) mass is 267 g/mol. The zero-order chi connectivity index (χ0) is 13.8. The van der Waals surface area contributed by atoms with Crippen molar-refractivity contribution < 1.29 is 14.3 Å². The molecule has 108 valence electrons. The second kappa shape index (κ2) is 6.53. The van der Waals surface area contributed by atoms with Crippen molar-refractivity contribution in [3.8, 4) is 0 Å². The Labute approximate surface area is 115 Å². The molecule has 0 unspecified atom stereocenters. The zero-order valence-corrected chi connectivity index (χ0v) is 12.3. The number of rotatable bonds is 6. The summed E-state index contributed by atoms with van der Waals surface area (Å²) >= 11 is 0. The fraction of sp³-hybridized carbons (Fsp3) is 0.800. The summed E-state index contributed by atoms with van der Waals surface area (Å²) < 4.78 is 11.1. The van der Waals surface area contributed by atoms with Crippen molar-refractivity contribution in [3.05, 3.63) is 11.1 Å². The first-order valence-corrected chi connectivity index (χ1v) is 7.32. The first-order valence-electron chi connectivity index (χ1n) is 7.32. The summed E-state index contributed by atoms with van der Waals surface area (Å²) in [6.07, 6.45) is 5.23. The third-order valence-electron chi connectivity index (χ3n) is 3.83. The van der Waals surface area contributed by atoms with E-state index in [9.17, 15) is 4.79 Å². The van der Waals surface area contributed by atoms with E-state index in [0.717, 1.165) is 37.8 Å². The molecule has 0 fully saturated rings. The highest BCUT2D eigenvalue weighted by Crippen LogP contribution is 2.36. The van der Waals surface area contributed by atoms with E-state index in [0.29, 0.717) is 6.61 Å². The quantitative estimate of drug-likeness (QED) is 0.694. The van der Waals surface area contributed by atoms with Gasteiger partial charge in [0.15, 0.2) is 6.23 Å². The van der Waals surface area contributed by atoms with Crippen molar-refractivity contribution in [2.24, 2.45) is 0 Å². The van der Waals surface area contributed by atoms with Crippen LogP contribution in [0.15, 0.2) is 11.1 Å². The molecular weight excluding hydrogens is 242 g/mol. The molecule has 0 saturated carbocycles. The van der Waals surface area contributed by atoms with Crippen LogP contribution in [0.2, 0.25) is 0 Å². The van der Waals surface area contributed by atoms with Crippen molar-refractivity contribution in [3.63, 3.8) is 0 Å². The Morgan fingerprint density at radius 1 is 1.32 bits per heavy atom. The van der Waals surface area contributed by atoms with Crippen LogP contribution < -0.4 is 0 Å². The summed E-state index contributed by atoms with van der Waals surface area (Å²) in [5.74, 6) is 0.186. The van der Waals surface area contributed by atoms with Crippen LogP contribution in [0.25, 0.3) is 0 Å². The highest BCUT2D eigenvalue weighted by atomic mass is 16.5. The molecule has 1 aliphatic heterocycles. The number of hydrogen-bond donors (Lipinski definition) is 0. The van der Waals surface area contributed by atoms with Crippen LogP contribution >= 0.6 is 0 Å². The number of nitrogens with zero attached hydrogens (tertiary/aromatic N) is 1. The molecule has 2 rings (SSSR count). The first-order chi connectivity index (χ1) is 9.15. The minimum absolute atomic E-state index is 0.123. The molecule has 0 N–H and O–H groups in total. The largest absolute Gasteiger partial charge is 0.379 e. The maximum Gasteiger partial charge on any atom is 0.252 e. The van der Waals surface area contributed by atoms with Gasteiger partial charge in [0.1, 0.15) is 0 Å². The van der Waals surface area contributed by atoms with Crippen molar-refractivity contribution in [1.82, 2.24) is 4.90 Å². The molecule has 1 amide bonds. The average Bonchev–Trinajstić information content (AvgIpc) is 2.67. The van der Waals surface area contributed by atoms with Gasteiger partial charge >= 0.3 is 0 Å². The van der Waals surface area contributed by atoms with Crippen LogP contribution in [0.3, 0.4) is 0 Å². The van der Waals surface area contributed by atoms with Gasteiger partial charge in [0.05, 0.1) is 6.10 Å². The molecule has 0 spiro atoms. The van der Waals surface area contributed by atoms with E-state index in [1.54, 1.807) is 7.11 Å². The van der Waals surface area contributed by atoms with Crippen molar-refractivity contribution >= 4 is 5.91 Å². The number of amides is 1. The molecule has 1 aliphatic carbocycles. The Hall–Kier alpha value is -0.870. The van der Waals surface area contributed by atoms with E-state index in [1.807, 2.05) is 18.7 Å². The van der Waals surface area contributed by atoms with Gasteiger partial charge in [-0.15, -0.1) is 0 Å². The van der Waals surface area contributed by atoms with Crippen molar-refractivity contribution in [2.45, 2.75) is 58.3 Å². The lowest BCUT2D eigenvalue weighted by atomic mass is 9.93. The van der Waals surface area contributed by atoms with E-state index in [4.69, 9.17) is 9.47 Å². The molecule has 1 heterocycles. The first kappa shape index (κ1) is 14.5.